The van der Waals surface area contributed by atoms with Crippen LogP contribution in [0.5, 0.6) is 0 Å². The number of hydrogen-bond donors (Lipinski definition) is 2. The summed E-state index contributed by atoms with van der Waals surface area (Å²) < 4.78 is 25.0. The molecular formula is C11H15NO2S2. The van der Waals surface area contributed by atoms with E-state index in [0.29, 0.717) is 0 Å². The highest BCUT2D eigenvalue weighted by molar-refractivity contribution is 7.88. The molecule has 0 bridgehead atoms. The smallest absolute Gasteiger partial charge is 0.208 e. The summed E-state index contributed by atoms with van der Waals surface area (Å²) in [6.07, 6.45) is 3.75. The SMILES string of the molecule is CS(=O)(=O)NC1CCc2cc(S)ccc2C1. The molecule has 0 heterocycles. The van der Waals surface area contributed by atoms with Crippen molar-refractivity contribution in [2.45, 2.75) is 30.2 Å². The molecule has 0 fully saturated rings. The molecule has 0 radical (unpaired) electrons. The number of rotatable bonds is 2. The Morgan fingerprint density at radius 2 is 2.12 bits per heavy atom. The molecule has 1 N–H and O–H groups in total. The molecule has 0 amide bonds. The van der Waals surface area contributed by atoms with Crippen molar-refractivity contribution in [1.29, 1.82) is 0 Å². The molecule has 16 heavy (non-hydrogen) atoms. The maximum Gasteiger partial charge on any atom is 0.208 e. The number of nitrogens with one attached hydrogen (secondary N) is 1. The lowest BCUT2D eigenvalue weighted by atomic mass is 9.89. The van der Waals surface area contributed by atoms with Gasteiger partial charge in [0.2, 0.25) is 10.0 Å². The highest BCUT2D eigenvalue weighted by atomic mass is 32.2. The second-order valence-corrected chi connectivity index (χ2v) is 6.58. The molecule has 1 aliphatic rings. The van der Waals surface area contributed by atoms with Gasteiger partial charge in [-0.15, -0.1) is 12.6 Å². The molecule has 1 aromatic rings. The third-order valence-electron chi connectivity index (χ3n) is 2.80. The van der Waals surface area contributed by atoms with Crippen molar-refractivity contribution in [2.75, 3.05) is 6.26 Å². The van der Waals surface area contributed by atoms with Gasteiger partial charge in [-0.25, -0.2) is 13.1 Å². The van der Waals surface area contributed by atoms with E-state index in [4.69, 9.17) is 0 Å². The highest BCUT2D eigenvalue weighted by Crippen LogP contribution is 2.24. The lowest BCUT2D eigenvalue weighted by molar-refractivity contribution is 0.510. The fourth-order valence-corrected chi connectivity index (χ4v) is 3.18. The van der Waals surface area contributed by atoms with E-state index in [-0.39, 0.29) is 6.04 Å². The quantitative estimate of drug-likeness (QED) is 0.786. The Labute approximate surface area is 102 Å². The fourth-order valence-electron chi connectivity index (χ4n) is 2.14. The monoisotopic (exact) mass is 257 g/mol. The summed E-state index contributed by atoms with van der Waals surface area (Å²) in [7, 11) is -3.10. The minimum Gasteiger partial charge on any atom is -0.213 e. The molecule has 2 rings (SSSR count). The van der Waals surface area contributed by atoms with Gasteiger partial charge in [0.15, 0.2) is 0 Å². The minimum absolute atomic E-state index is 0.0354. The lowest BCUT2D eigenvalue weighted by Crippen LogP contribution is -2.38. The zero-order chi connectivity index (χ0) is 11.8. The van der Waals surface area contributed by atoms with Crippen LogP contribution >= 0.6 is 12.6 Å². The lowest BCUT2D eigenvalue weighted by Gasteiger charge is -2.24. The Balaban J connectivity index is 2.15. The van der Waals surface area contributed by atoms with Gasteiger partial charge < -0.3 is 0 Å². The topological polar surface area (TPSA) is 46.2 Å². The third kappa shape index (κ3) is 2.99. The summed E-state index contributed by atoms with van der Waals surface area (Å²) >= 11 is 4.30. The average molecular weight is 257 g/mol. The molecule has 1 unspecified atom stereocenters. The van der Waals surface area contributed by atoms with Crippen LogP contribution in [0.4, 0.5) is 0 Å². The Hall–Kier alpha value is -0.520. The molecule has 0 aliphatic heterocycles. The van der Waals surface area contributed by atoms with Crippen molar-refractivity contribution >= 4 is 22.7 Å². The van der Waals surface area contributed by atoms with Gasteiger partial charge in [-0.1, -0.05) is 6.07 Å². The van der Waals surface area contributed by atoms with Gasteiger partial charge in [-0.2, -0.15) is 0 Å². The van der Waals surface area contributed by atoms with E-state index in [2.05, 4.69) is 23.4 Å². The van der Waals surface area contributed by atoms with Crippen LogP contribution in [0.1, 0.15) is 17.5 Å². The number of thiol groups is 1. The number of fused-ring (bicyclic) bond motifs is 1. The maximum atomic E-state index is 11.1. The van der Waals surface area contributed by atoms with Crippen LogP contribution in [0.25, 0.3) is 0 Å². The second kappa shape index (κ2) is 4.39. The minimum atomic E-state index is -3.10. The van der Waals surface area contributed by atoms with E-state index in [0.717, 1.165) is 24.2 Å². The molecule has 1 atom stereocenters. The van der Waals surface area contributed by atoms with Gasteiger partial charge in [-0.05, 0) is 42.5 Å². The summed E-state index contributed by atoms with van der Waals surface area (Å²) in [5, 5.41) is 0. The molecular weight excluding hydrogens is 242 g/mol. The maximum absolute atomic E-state index is 11.1. The van der Waals surface area contributed by atoms with E-state index in [1.165, 1.54) is 17.4 Å². The summed E-state index contributed by atoms with van der Waals surface area (Å²) in [5.74, 6) is 0. The van der Waals surface area contributed by atoms with Crippen molar-refractivity contribution in [3.05, 3.63) is 29.3 Å². The Morgan fingerprint density at radius 3 is 2.81 bits per heavy atom. The van der Waals surface area contributed by atoms with Gasteiger partial charge in [0.25, 0.3) is 0 Å². The van der Waals surface area contributed by atoms with Crippen LogP contribution in [-0.4, -0.2) is 20.7 Å². The van der Waals surface area contributed by atoms with Crippen LogP contribution in [-0.2, 0) is 22.9 Å². The van der Waals surface area contributed by atoms with E-state index in [9.17, 15) is 8.42 Å². The van der Waals surface area contributed by atoms with E-state index < -0.39 is 10.0 Å². The number of benzene rings is 1. The summed E-state index contributed by atoms with van der Waals surface area (Å²) in [4.78, 5) is 0.966. The zero-order valence-electron chi connectivity index (χ0n) is 9.10. The zero-order valence-corrected chi connectivity index (χ0v) is 10.8. The molecule has 88 valence electrons. The Bertz CT molecular complexity index is 497. The second-order valence-electron chi connectivity index (χ2n) is 4.28. The largest absolute Gasteiger partial charge is 0.213 e. The van der Waals surface area contributed by atoms with Crippen LogP contribution in [0, 0.1) is 0 Å². The van der Waals surface area contributed by atoms with Gasteiger partial charge in [0, 0.05) is 10.9 Å². The summed E-state index contributed by atoms with van der Waals surface area (Å²) in [6, 6.07) is 6.08. The first-order chi connectivity index (χ1) is 7.44. The molecule has 0 saturated carbocycles. The van der Waals surface area contributed by atoms with Crippen molar-refractivity contribution in [1.82, 2.24) is 4.72 Å². The van der Waals surface area contributed by atoms with Crippen molar-refractivity contribution < 1.29 is 8.42 Å². The summed E-state index contributed by atoms with van der Waals surface area (Å²) in [5.41, 5.74) is 2.52. The predicted octanol–water partition coefficient (Wildman–Crippen LogP) is 1.38. The highest BCUT2D eigenvalue weighted by Gasteiger charge is 2.20. The summed E-state index contributed by atoms with van der Waals surface area (Å²) in [6.45, 7) is 0. The fraction of sp³-hybridized carbons (Fsp3) is 0.455. The molecule has 3 nitrogen and oxygen atoms in total. The standard InChI is InChI=1S/C11H15NO2S2/c1-16(13,14)12-10-4-2-9-7-11(15)5-3-8(9)6-10/h3,5,7,10,12,15H,2,4,6H2,1H3. The van der Waals surface area contributed by atoms with Gasteiger partial charge in [0.05, 0.1) is 6.26 Å². The van der Waals surface area contributed by atoms with Crippen LogP contribution < -0.4 is 4.72 Å². The van der Waals surface area contributed by atoms with E-state index in [1.54, 1.807) is 0 Å². The van der Waals surface area contributed by atoms with Crippen molar-refractivity contribution in [2.24, 2.45) is 0 Å². The van der Waals surface area contributed by atoms with Gasteiger partial charge >= 0.3 is 0 Å². The molecule has 0 spiro atoms. The Morgan fingerprint density at radius 1 is 1.38 bits per heavy atom. The first-order valence-electron chi connectivity index (χ1n) is 5.22. The molecule has 5 heteroatoms. The third-order valence-corrected chi connectivity index (χ3v) is 3.84. The van der Waals surface area contributed by atoms with Crippen LogP contribution in [0.3, 0.4) is 0 Å². The Kier molecular flexibility index (Phi) is 3.28. The van der Waals surface area contributed by atoms with E-state index in [1.807, 2.05) is 12.1 Å². The van der Waals surface area contributed by atoms with Crippen LogP contribution in [0.2, 0.25) is 0 Å². The number of aryl methyl sites for hydroxylation is 1. The average Bonchev–Trinajstić information content (AvgIpc) is 2.16. The first kappa shape index (κ1) is 12.0. The van der Waals surface area contributed by atoms with E-state index >= 15 is 0 Å². The predicted molar refractivity (Wildman–Crippen MR) is 67.5 cm³/mol. The van der Waals surface area contributed by atoms with Gasteiger partial charge in [0.1, 0.15) is 0 Å². The van der Waals surface area contributed by atoms with Gasteiger partial charge in [-0.3, -0.25) is 0 Å². The molecule has 1 aliphatic carbocycles. The number of hydrogen-bond acceptors (Lipinski definition) is 3. The normalized spacial score (nSPS) is 20.5. The van der Waals surface area contributed by atoms with Crippen molar-refractivity contribution in [3.63, 3.8) is 0 Å². The number of sulfonamides is 1. The molecule has 1 aromatic carbocycles. The van der Waals surface area contributed by atoms with Crippen molar-refractivity contribution in [3.8, 4) is 0 Å². The first-order valence-corrected chi connectivity index (χ1v) is 7.56. The van der Waals surface area contributed by atoms with Crippen LogP contribution in [0.15, 0.2) is 23.1 Å². The molecule has 0 aromatic heterocycles. The molecule has 0 saturated heterocycles.